The van der Waals surface area contributed by atoms with Crippen molar-refractivity contribution in [2.24, 2.45) is 10.8 Å². The van der Waals surface area contributed by atoms with Crippen LogP contribution in [0.1, 0.15) is 17.0 Å². The molecule has 0 aliphatic rings. The van der Waals surface area contributed by atoms with Crippen molar-refractivity contribution in [1.82, 2.24) is 15.6 Å². The lowest BCUT2D eigenvalue weighted by Crippen LogP contribution is -2.24. The van der Waals surface area contributed by atoms with Crippen LogP contribution in [0.15, 0.2) is 5.10 Å². The molecule has 1 heterocycles. The minimum Gasteiger partial charge on any atom is -0.350 e. The number of hydrazone groups is 1. The molecule has 2 amide bonds. The summed E-state index contributed by atoms with van der Waals surface area (Å²) in [5.41, 5.74) is 9.50. The SMILES string of the molecule is Cc1n[nH]c(C)c1/C=N/NC(N)=O. The second-order valence-corrected chi connectivity index (χ2v) is 2.58. The lowest BCUT2D eigenvalue weighted by molar-refractivity contribution is 0.249. The van der Waals surface area contributed by atoms with Crippen LogP contribution in [0.5, 0.6) is 0 Å². The molecule has 0 spiro atoms. The predicted octanol–water partition coefficient (Wildman–Crippen LogP) is 0.0287. The van der Waals surface area contributed by atoms with Crippen molar-refractivity contribution in [2.45, 2.75) is 13.8 Å². The molecule has 1 rings (SSSR count). The van der Waals surface area contributed by atoms with Gasteiger partial charge >= 0.3 is 6.03 Å². The van der Waals surface area contributed by atoms with Crippen molar-refractivity contribution in [2.75, 3.05) is 0 Å². The van der Waals surface area contributed by atoms with Crippen LogP contribution < -0.4 is 11.2 Å². The molecule has 0 fully saturated rings. The fraction of sp³-hybridized carbons (Fsp3) is 0.286. The molecule has 0 saturated heterocycles. The summed E-state index contributed by atoms with van der Waals surface area (Å²) in [6, 6.07) is -0.685. The van der Waals surface area contributed by atoms with Crippen LogP contribution >= 0.6 is 0 Å². The van der Waals surface area contributed by atoms with Crippen molar-refractivity contribution < 1.29 is 4.79 Å². The number of nitrogens with one attached hydrogen (secondary N) is 2. The molecule has 0 aliphatic heterocycles. The second-order valence-electron chi connectivity index (χ2n) is 2.58. The maximum atomic E-state index is 10.3. The van der Waals surface area contributed by atoms with E-state index in [1.54, 1.807) is 0 Å². The molecule has 0 atom stereocenters. The van der Waals surface area contributed by atoms with E-state index in [4.69, 9.17) is 5.73 Å². The highest BCUT2D eigenvalue weighted by Gasteiger charge is 2.02. The number of H-pyrrole nitrogens is 1. The molecular formula is C7H11N5O. The minimum atomic E-state index is -0.685. The first kappa shape index (κ1) is 9.24. The van der Waals surface area contributed by atoms with E-state index in [1.165, 1.54) is 6.21 Å². The van der Waals surface area contributed by atoms with Gasteiger partial charge in [0.1, 0.15) is 0 Å². The van der Waals surface area contributed by atoms with Crippen molar-refractivity contribution in [3.63, 3.8) is 0 Å². The summed E-state index contributed by atoms with van der Waals surface area (Å²) in [7, 11) is 0. The predicted molar refractivity (Wildman–Crippen MR) is 48.4 cm³/mol. The second kappa shape index (κ2) is 3.70. The van der Waals surface area contributed by atoms with E-state index in [0.29, 0.717) is 0 Å². The Morgan fingerprint density at radius 3 is 2.85 bits per heavy atom. The van der Waals surface area contributed by atoms with Gasteiger partial charge in [-0.2, -0.15) is 10.2 Å². The molecule has 0 aromatic carbocycles. The zero-order chi connectivity index (χ0) is 9.84. The van der Waals surface area contributed by atoms with Crippen LogP contribution in [-0.4, -0.2) is 22.4 Å². The van der Waals surface area contributed by atoms with Gasteiger partial charge in [-0.3, -0.25) is 5.10 Å². The van der Waals surface area contributed by atoms with Gasteiger partial charge in [0.05, 0.1) is 11.9 Å². The van der Waals surface area contributed by atoms with Gasteiger partial charge < -0.3 is 5.73 Å². The topological polar surface area (TPSA) is 96.2 Å². The van der Waals surface area contributed by atoms with Gasteiger partial charge in [-0.05, 0) is 13.8 Å². The molecule has 0 radical (unpaired) electrons. The van der Waals surface area contributed by atoms with Crippen LogP contribution in [0.4, 0.5) is 4.79 Å². The molecule has 4 N–H and O–H groups in total. The van der Waals surface area contributed by atoms with Crippen LogP contribution in [0.25, 0.3) is 0 Å². The minimum absolute atomic E-state index is 0.685. The highest BCUT2D eigenvalue weighted by Crippen LogP contribution is 2.04. The number of primary amides is 1. The van der Waals surface area contributed by atoms with Gasteiger partial charge in [0.2, 0.25) is 0 Å². The van der Waals surface area contributed by atoms with Gasteiger partial charge in [-0.1, -0.05) is 0 Å². The Labute approximate surface area is 75.2 Å². The molecule has 70 valence electrons. The maximum absolute atomic E-state index is 10.3. The van der Waals surface area contributed by atoms with Gasteiger partial charge in [-0.15, -0.1) is 0 Å². The van der Waals surface area contributed by atoms with E-state index < -0.39 is 6.03 Å². The van der Waals surface area contributed by atoms with E-state index in [0.717, 1.165) is 17.0 Å². The van der Waals surface area contributed by atoms with E-state index in [2.05, 4.69) is 20.7 Å². The third kappa shape index (κ3) is 2.29. The van der Waals surface area contributed by atoms with Gasteiger partial charge in [0.25, 0.3) is 0 Å². The zero-order valence-corrected chi connectivity index (χ0v) is 7.46. The Morgan fingerprint density at radius 2 is 2.38 bits per heavy atom. The molecule has 0 unspecified atom stereocenters. The number of hydrogen-bond donors (Lipinski definition) is 3. The van der Waals surface area contributed by atoms with E-state index in [-0.39, 0.29) is 0 Å². The molecule has 0 bridgehead atoms. The van der Waals surface area contributed by atoms with Crippen LogP contribution in [-0.2, 0) is 0 Å². The number of nitrogens with two attached hydrogens (primary N) is 1. The number of amides is 2. The first-order valence-electron chi connectivity index (χ1n) is 3.71. The first-order chi connectivity index (χ1) is 6.11. The molecule has 13 heavy (non-hydrogen) atoms. The highest BCUT2D eigenvalue weighted by atomic mass is 16.2. The summed E-state index contributed by atoms with van der Waals surface area (Å²) in [4.78, 5) is 10.3. The van der Waals surface area contributed by atoms with Gasteiger partial charge in [0, 0.05) is 11.3 Å². The fourth-order valence-electron chi connectivity index (χ4n) is 0.910. The standard InChI is InChI=1S/C7H11N5O/c1-4-6(5(2)11-10-4)3-9-12-7(8)13/h3H,1-2H3,(H,10,11)(H3,8,12,13)/b9-3+. The molecule has 6 nitrogen and oxygen atoms in total. The van der Waals surface area contributed by atoms with E-state index in [1.807, 2.05) is 13.8 Å². The number of carbonyl (C=O) groups is 1. The number of hydrogen-bond acceptors (Lipinski definition) is 3. The lowest BCUT2D eigenvalue weighted by Gasteiger charge is -1.92. The average molecular weight is 181 g/mol. The Balaban J connectivity index is 2.73. The lowest BCUT2D eigenvalue weighted by atomic mass is 10.2. The largest absolute Gasteiger partial charge is 0.350 e. The quantitative estimate of drug-likeness (QED) is 0.443. The molecular weight excluding hydrogens is 170 g/mol. The summed E-state index contributed by atoms with van der Waals surface area (Å²) in [6.45, 7) is 3.71. The fourth-order valence-corrected chi connectivity index (χ4v) is 0.910. The smallest absolute Gasteiger partial charge is 0.332 e. The Morgan fingerprint density at radius 1 is 1.69 bits per heavy atom. The molecule has 0 aliphatic carbocycles. The monoisotopic (exact) mass is 181 g/mol. The molecule has 1 aromatic rings. The van der Waals surface area contributed by atoms with E-state index in [9.17, 15) is 4.79 Å². The number of rotatable bonds is 2. The third-order valence-corrected chi connectivity index (χ3v) is 1.55. The number of nitrogens with zero attached hydrogens (tertiary/aromatic N) is 2. The van der Waals surface area contributed by atoms with Crippen molar-refractivity contribution in [3.05, 3.63) is 17.0 Å². The van der Waals surface area contributed by atoms with E-state index >= 15 is 0 Å². The van der Waals surface area contributed by atoms with Crippen molar-refractivity contribution in [3.8, 4) is 0 Å². The summed E-state index contributed by atoms with van der Waals surface area (Å²) in [5.74, 6) is 0. The molecule has 0 saturated carbocycles. The Bertz CT molecular complexity index is 321. The normalized spacial score (nSPS) is 10.6. The Hall–Kier alpha value is -1.85. The number of carbonyl (C=O) groups excluding carboxylic acids is 1. The van der Waals surface area contributed by atoms with Crippen LogP contribution in [0, 0.1) is 13.8 Å². The average Bonchev–Trinajstić information content (AvgIpc) is 2.34. The van der Waals surface area contributed by atoms with Crippen molar-refractivity contribution >= 4 is 12.2 Å². The number of aromatic nitrogens is 2. The Kier molecular flexibility index (Phi) is 2.63. The summed E-state index contributed by atoms with van der Waals surface area (Å²) in [5, 5.41) is 10.4. The first-order valence-corrected chi connectivity index (χ1v) is 3.71. The summed E-state index contributed by atoms with van der Waals surface area (Å²) >= 11 is 0. The summed E-state index contributed by atoms with van der Waals surface area (Å²) in [6.07, 6.45) is 1.50. The third-order valence-electron chi connectivity index (χ3n) is 1.55. The number of urea groups is 1. The number of aromatic amines is 1. The summed E-state index contributed by atoms with van der Waals surface area (Å²) < 4.78 is 0. The van der Waals surface area contributed by atoms with Crippen LogP contribution in [0.2, 0.25) is 0 Å². The maximum Gasteiger partial charge on any atom is 0.332 e. The van der Waals surface area contributed by atoms with Gasteiger partial charge in [0.15, 0.2) is 0 Å². The number of aryl methyl sites for hydroxylation is 2. The van der Waals surface area contributed by atoms with Crippen molar-refractivity contribution in [1.29, 1.82) is 0 Å². The zero-order valence-electron chi connectivity index (χ0n) is 7.46. The van der Waals surface area contributed by atoms with Crippen LogP contribution in [0.3, 0.4) is 0 Å². The molecule has 1 aromatic heterocycles. The highest BCUT2D eigenvalue weighted by molar-refractivity contribution is 5.83. The molecule has 6 heteroatoms. The van der Waals surface area contributed by atoms with Gasteiger partial charge in [-0.25, -0.2) is 10.2 Å².